The number of nitrogens with zero attached hydrogens (tertiary/aromatic N) is 2. The van der Waals surface area contributed by atoms with Crippen molar-refractivity contribution in [2.45, 2.75) is 32.4 Å². The molecule has 0 aliphatic rings. The van der Waals surface area contributed by atoms with Crippen LogP contribution >= 0.6 is 23.2 Å². The van der Waals surface area contributed by atoms with Crippen molar-refractivity contribution < 1.29 is 9.21 Å². The summed E-state index contributed by atoms with van der Waals surface area (Å²) in [7, 11) is 0. The minimum atomic E-state index is -0.427. The summed E-state index contributed by atoms with van der Waals surface area (Å²) >= 11 is 12.8. The van der Waals surface area contributed by atoms with Gasteiger partial charge in [-0.3, -0.25) is 4.79 Å². The Balaban J connectivity index is 1.72. The second-order valence-corrected chi connectivity index (χ2v) is 7.80. The number of nitrogens with one attached hydrogen (secondary N) is 1. The predicted octanol–water partition coefficient (Wildman–Crippen LogP) is 5.79. The number of carbonyl (C=O) groups excluding carboxylic acids is 1. The summed E-state index contributed by atoms with van der Waals surface area (Å²) in [6.07, 6.45) is 2.62. The van der Waals surface area contributed by atoms with E-state index in [4.69, 9.17) is 32.6 Å². The number of carbonyl (C=O) groups is 1. The molecule has 0 aliphatic carbocycles. The molecule has 0 fully saturated rings. The highest BCUT2D eigenvalue weighted by Gasteiger charge is 2.25. The maximum Gasteiger partial charge on any atom is 0.243 e. The fourth-order valence-corrected chi connectivity index (χ4v) is 4.15. The Bertz CT molecular complexity index is 1150. The lowest BCUT2D eigenvalue weighted by atomic mass is 10.1. The maximum absolute atomic E-state index is 13.1. The van der Waals surface area contributed by atoms with Crippen molar-refractivity contribution in [2.75, 3.05) is 0 Å². The fourth-order valence-electron chi connectivity index (χ4n) is 3.62. The molecule has 0 radical (unpaired) electrons. The first-order valence-electron chi connectivity index (χ1n) is 9.77. The van der Waals surface area contributed by atoms with E-state index in [-0.39, 0.29) is 5.91 Å². The van der Waals surface area contributed by atoms with Crippen LogP contribution in [0.3, 0.4) is 0 Å². The topological polar surface area (TPSA) is 60.1 Å². The summed E-state index contributed by atoms with van der Waals surface area (Å²) in [6.45, 7) is 2.32. The first-order valence-corrected chi connectivity index (χ1v) is 10.5. The van der Waals surface area contributed by atoms with Gasteiger partial charge in [-0.05, 0) is 48.4 Å². The van der Waals surface area contributed by atoms with Crippen LogP contribution < -0.4 is 5.32 Å². The highest BCUT2D eigenvalue weighted by atomic mass is 35.5. The number of imidazole rings is 1. The summed E-state index contributed by atoms with van der Waals surface area (Å²) < 4.78 is 7.32. The van der Waals surface area contributed by atoms with Gasteiger partial charge in [0.25, 0.3) is 0 Å². The number of fused-ring (bicyclic) bond motifs is 1. The third kappa shape index (κ3) is 4.09. The van der Waals surface area contributed by atoms with E-state index in [1.807, 2.05) is 60.0 Å². The van der Waals surface area contributed by atoms with E-state index < -0.39 is 6.04 Å². The SMILES string of the molecule is CC[C@@H](C(=O)NCc1ccco1)n1c(Cc2c(Cl)cccc2Cl)nc2ccccc21. The Kier molecular flexibility index (Phi) is 6.11. The van der Waals surface area contributed by atoms with E-state index in [1.165, 1.54) is 0 Å². The van der Waals surface area contributed by atoms with Gasteiger partial charge < -0.3 is 14.3 Å². The first kappa shape index (κ1) is 20.5. The molecular weight excluding hydrogens is 421 g/mol. The van der Waals surface area contributed by atoms with Gasteiger partial charge in [0, 0.05) is 16.5 Å². The molecular formula is C23H21Cl2N3O2. The second-order valence-electron chi connectivity index (χ2n) is 6.98. The number of hydrogen-bond donors (Lipinski definition) is 1. The molecule has 0 spiro atoms. The lowest BCUT2D eigenvalue weighted by Gasteiger charge is -2.20. The molecule has 0 saturated carbocycles. The van der Waals surface area contributed by atoms with E-state index in [1.54, 1.807) is 12.3 Å². The van der Waals surface area contributed by atoms with Crippen molar-refractivity contribution in [3.63, 3.8) is 0 Å². The summed E-state index contributed by atoms with van der Waals surface area (Å²) in [6, 6.07) is 16.4. The maximum atomic E-state index is 13.1. The van der Waals surface area contributed by atoms with Gasteiger partial charge in [-0.15, -0.1) is 0 Å². The van der Waals surface area contributed by atoms with Gasteiger partial charge in [0.05, 0.1) is 23.8 Å². The molecule has 4 rings (SSSR count). The summed E-state index contributed by atoms with van der Waals surface area (Å²) in [5.74, 6) is 1.35. The van der Waals surface area contributed by atoms with Crippen LogP contribution in [0.2, 0.25) is 10.0 Å². The average molecular weight is 442 g/mol. The van der Waals surface area contributed by atoms with Crippen LogP contribution in [0.4, 0.5) is 0 Å². The molecule has 0 bridgehead atoms. The number of para-hydroxylation sites is 2. The molecule has 0 aliphatic heterocycles. The van der Waals surface area contributed by atoms with Crippen molar-refractivity contribution in [1.29, 1.82) is 0 Å². The minimum absolute atomic E-state index is 0.0939. The molecule has 1 N–H and O–H groups in total. The average Bonchev–Trinajstić information content (AvgIpc) is 3.38. The zero-order valence-electron chi connectivity index (χ0n) is 16.4. The number of rotatable bonds is 7. The van der Waals surface area contributed by atoms with Crippen LogP contribution in [-0.4, -0.2) is 15.5 Å². The largest absolute Gasteiger partial charge is 0.467 e. The van der Waals surface area contributed by atoms with Crippen LogP contribution in [0.15, 0.2) is 65.3 Å². The Morgan fingerprint density at radius 2 is 1.87 bits per heavy atom. The number of amides is 1. The van der Waals surface area contributed by atoms with Crippen molar-refractivity contribution in [3.8, 4) is 0 Å². The van der Waals surface area contributed by atoms with E-state index in [2.05, 4.69) is 5.32 Å². The monoisotopic (exact) mass is 441 g/mol. The Morgan fingerprint density at radius 1 is 1.10 bits per heavy atom. The van der Waals surface area contributed by atoms with Crippen molar-refractivity contribution in [2.24, 2.45) is 0 Å². The van der Waals surface area contributed by atoms with Crippen molar-refractivity contribution in [1.82, 2.24) is 14.9 Å². The fraction of sp³-hybridized carbons (Fsp3) is 0.217. The van der Waals surface area contributed by atoms with Crippen molar-refractivity contribution >= 4 is 40.1 Å². The van der Waals surface area contributed by atoms with Crippen LogP contribution in [-0.2, 0) is 17.8 Å². The molecule has 1 atom stereocenters. The van der Waals surface area contributed by atoms with Gasteiger partial charge in [-0.2, -0.15) is 0 Å². The van der Waals surface area contributed by atoms with Gasteiger partial charge >= 0.3 is 0 Å². The molecule has 1 amide bonds. The Labute approximate surface area is 184 Å². The van der Waals surface area contributed by atoms with E-state index in [0.29, 0.717) is 35.2 Å². The van der Waals surface area contributed by atoms with E-state index in [0.717, 1.165) is 22.4 Å². The van der Waals surface area contributed by atoms with Crippen LogP contribution in [0.5, 0.6) is 0 Å². The zero-order valence-corrected chi connectivity index (χ0v) is 18.0. The van der Waals surface area contributed by atoms with Crippen LogP contribution in [0.1, 0.15) is 36.5 Å². The Morgan fingerprint density at radius 3 is 2.57 bits per heavy atom. The molecule has 154 valence electrons. The summed E-state index contributed by atoms with van der Waals surface area (Å²) in [5.41, 5.74) is 2.52. The summed E-state index contributed by atoms with van der Waals surface area (Å²) in [5, 5.41) is 4.13. The van der Waals surface area contributed by atoms with Gasteiger partial charge in [-0.25, -0.2) is 4.98 Å². The molecule has 0 saturated heterocycles. The molecule has 2 aromatic carbocycles. The van der Waals surface area contributed by atoms with Crippen LogP contribution in [0.25, 0.3) is 11.0 Å². The quantitative estimate of drug-likeness (QED) is 0.394. The molecule has 4 aromatic rings. The number of halogens is 2. The standard InChI is InChI=1S/C23H21Cl2N3O2/c1-2-20(23(29)26-14-15-7-6-12-30-15)28-21-11-4-3-10-19(21)27-22(28)13-16-17(24)8-5-9-18(16)25/h3-12,20H,2,13-14H2,1H3,(H,26,29)/t20-/m0/s1. The molecule has 2 aromatic heterocycles. The van der Waals surface area contributed by atoms with Gasteiger partial charge in [0.2, 0.25) is 5.91 Å². The predicted molar refractivity (Wildman–Crippen MR) is 119 cm³/mol. The smallest absolute Gasteiger partial charge is 0.243 e. The normalized spacial score (nSPS) is 12.2. The second kappa shape index (κ2) is 8.94. The lowest BCUT2D eigenvalue weighted by Crippen LogP contribution is -2.32. The van der Waals surface area contributed by atoms with Crippen LogP contribution in [0, 0.1) is 0 Å². The minimum Gasteiger partial charge on any atom is -0.467 e. The molecule has 7 heteroatoms. The van der Waals surface area contributed by atoms with E-state index in [9.17, 15) is 4.79 Å². The van der Waals surface area contributed by atoms with E-state index >= 15 is 0 Å². The highest BCUT2D eigenvalue weighted by Crippen LogP contribution is 2.30. The zero-order chi connectivity index (χ0) is 21.1. The summed E-state index contributed by atoms with van der Waals surface area (Å²) in [4.78, 5) is 17.9. The Hall–Kier alpha value is -2.76. The first-order chi connectivity index (χ1) is 14.6. The van der Waals surface area contributed by atoms with Gasteiger partial charge in [0.1, 0.15) is 17.6 Å². The number of furan rings is 1. The third-order valence-electron chi connectivity index (χ3n) is 5.08. The molecule has 0 unspecified atom stereocenters. The third-order valence-corrected chi connectivity index (χ3v) is 5.79. The lowest BCUT2D eigenvalue weighted by molar-refractivity contribution is -0.124. The van der Waals surface area contributed by atoms with Gasteiger partial charge in [0.15, 0.2) is 0 Å². The highest BCUT2D eigenvalue weighted by molar-refractivity contribution is 6.36. The van der Waals surface area contributed by atoms with Gasteiger partial charge in [-0.1, -0.05) is 48.3 Å². The molecule has 2 heterocycles. The molecule has 5 nitrogen and oxygen atoms in total. The molecule has 30 heavy (non-hydrogen) atoms. The number of hydrogen-bond acceptors (Lipinski definition) is 3. The van der Waals surface area contributed by atoms with Crippen molar-refractivity contribution in [3.05, 3.63) is 88.1 Å². The number of benzene rings is 2. The number of aromatic nitrogens is 2.